The summed E-state index contributed by atoms with van der Waals surface area (Å²) in [4.78, 5) is 8.45. The Kier molecular flexibility index (Phi) is 5.86. The van der Waals surface area contributed by atoms with E-state index < -0.39 is 6.10 Å². The quantitative estimate of drug-likeness (QED) is 0.469. The van der Waals surface area contributed by atoms with Crippen LogP contribution in [-0.2, 0) is 0 Å². The van der Waals surface area contributed by atoms with Crippen LogP contribution >= 0.6 is 0 Å². The first kappa shape index (κ1) is 17.9. The second kappa shape index (κ2) is 8.49. The van der Waals surface area contributed by atoms with Crippen LogP contribution in [0.4, 0.5) is 0 Å². The number of benzene rings is 1. The number of pyridine rings is 1. The number of nitrogens with one attached hydrogen (secondary N) is 2. The van der Waals surface area contributed by atoms with Gasteiger partial charge in [-0.3, -0.25) is 9.98 Å². The van der Waals surface area contributed by atoms with Crippen LogP contribution in [0.5, 0.6) is 0 Å². The minimum atomic E-state index is -0.671. The highest BCUT2D eigenvalue weighted by Gasteiger charge is 2.14. The second-order valence-corrected chi connectivity index (χ2v) is 6.07. The number of nitrogens with zero attached hydrogens (tertiary/aromatic N) is 2. The van der Waals surface area contributed by atoms with E-state index in [1.165, 1.54) is 0 Å². The number of guanidine groups is 1. The maximum Gasteiger partial charge on any atom is 0.191 e. The number of hydrogen-bond acceptors (Lipinski definition) is 4. The van der Waals surface area contributed by atoms with Gasteiger partial charge in [-0.2, -0.15) is 0 Å². The number of aromatic nitrogens is 1. The van der Waals surface area contributed by atoms with Crippen molar-refractivity contribution in [1.82, 2.24) is 15.6 Å². The van der Waals surface area contributed by atoms with Crippen molar-refractivity contribution in [2.75, 3.05) is 13.1 Å². The molecule has 2 unspecified atom stereocenters. The Labute approximate surface area is 153 Å². The molecule has 0 bridgehead atoms. The van der Waals surface area contributed by atoms with Gasteiger partial charge in [0.2, 0.25) is 0 Å². The van der Waals surface area contributed by atoms with Gasteiger partial charge in [0.05, 0.1) is 18.7 Å². The van der Waals surface area contributed by atoms with Crippen LogP contribution in [0.1, 0.15) is 37.3 Å². The van der Waals surface area contributed by atoms with Crippen molar-refractivity contribution in [3.63, 3.8) is 0 Å². The first-order chi connectivity index (χ1) is 12.7. The molecule has 0 saturated carbocycles. The molecule has 2 atom stereocenters. The molecule has 0 aliphatic carbocycles. The van der Waals surface area contributed by atoms with Gasteiger partial charge in [-0.1, -0.05) is 18.2 Å². The molecule has 0 aliphatic heterocycles. The van der Waals surface area contributed by atoms with Gasteiger partial charge in [-0.05, 0) is 43.7 Å². The van der Waals surface area contributed by atoms with Crippen molar-refractivity contribution in [1.29, 1.82) is 0 Å². The lowest BCUT2D eigenvalue weighted by Gasteiger charge is -2.17. The van der Waals surface area contributed by atoms with E-state index in [-0.39, 0.29) is 12.6 Å². The summed E-state index contributed by atoms with van der Waals surface area (Å²) >= 11 is 0. The lowest BCUT2D eigenvalue weighted by molar-refractivity contribution is 0.187. The molecule has 6 heteroatoms. The summed E-state index contributed by atoms with van der Waals surface area (Å²) in [7, 11) is 0. The molecule has 0 aliphatic rings. The van der Waals surface area contributed by atoms with E-state index in [1.807, 2.05) is 44.2 Å². The monoisotopic (exact) mass is 352 g/mol. The molecule has 3 N–H and O–H groups in total. The summed E-state index contributed by atoms with van der Waals surface area (Å²) in [6.45, 7) is 5.00. The smallest absolute Gasteiger partial charge is 0.191 e. The van der Waals surface area contributed by atoms with Crippen LogP contribution in [0.2, 0.25) is 0 Å². The van der Waals surface area contributed by atoms with E-state index in [2.05, 4.69) is 20.6 Å². The maximum atomic E-state index is 10.3. The van der Waals surface area contributed by atoms with Crippen LogP contribution in [-0.4, -0.2) is 29.1 Å². The highest BCUT2D eigenvalue weighted by atomic mass is 16.3. The van der Waals surface area contributed by atoms with Crippen molar-refractivity contribution in [2.24, 2.45) is 4.99 Å². The summed E-state index contributed by atoms with van der Waals surface area (Å²) < 4.78 is 5.90. The Hall–Kier alpha value is -2.86. The van der Waals surface area contributed by atoms with Gasteiger partial charge in [0.15, 0.2) is 5.96 Å². The van der Waals surface area contributed by atoms with Crippen LogP contribution in [0.25, 0.3) is 11.0 Å². The molecular weight excluding hydrogens is 328 g/mol. The number of aliphatic imine (C=N–C) groups is 1. The van der Waals surface area contributed by atoms with Crippen LogP contribution in [0, 0.1) is 0 Å². The lowest BCUT2D eigenvalue weighted by Crippen LogP contribution is -2.39. The van der Waals surface area contributed by atoms with E-state index in [1.54, 1.807) is 24.5 Å². The highest BCUT2D eigenvalue weighted by molar-refractivity contribution is 5.81. The standard InChI is InChI=1S/C20H24N4O2/c1-3-22-20(23-13-17(25)15-8-10-21-11-9-15)24-14(2)19-12-16-6-4-5-7-18(16)26-19/h4-12,14,17,25H,3,13H2,1-2H3,(H2,22,23,24). The average molecular weight is 352 g/mol. The van der Waals surface area contributed by atoms with E-state index in [4.69, 9.17) is 4.42 Å². The van der Waals surface area contributed by atoms with Gasteiger partial charge in [0.1, 0.15) is 11.3 Å². The second-order valence-electron chi connectivity index (χ2n) is 6.07. The number of aliphatic hydroxyl groups excluding tert-OH is 1. The summed E-state index contributed by atoms with van der Waals surface area (Å²) in [5.74, 6) is 1.47. The third-order valence-electron chi connectivity index (χ3n) is 4.08. The van der Waals surface area contributed by atoms with E-state index in [0.29, 0.717) is 5.96 Å². The fraction of sp³-hybridized carbons (Fsp3) is 0.300. The summed E-state index contributed by atoms with van der Waals surface area (Å²) in [5, 5.41) is 17.9. The Morgan fingerprint density at radius 3 is 2.73 bits per heavy atom. The van der Waals surface area contributed by atoms with Gasteiger partial charge < -0.3 is 20.2 Å². The Bertz CT molecular complexity index is 827. The van der Waals surface area contributed by atoms with Crippen molar-refractivity contribution in [3.05, 3.63) is 66.2 Å². The van der Waals surface area contributed by atoms with Crippen LogP contribution in [0.3, 0.4) is 0 Å². The molecule has 2 aromatic heterocycles. The molecule has 0 radical (unpaired) electrons. The van der Waals surface area contributed by atoms with Gasteiger partial charge >= 0.3 is 0 Å². The molecule has 0 spiro atoms. The third-order valence-corrected chi connectivity index (χ3v) is 4.08. The minimum absolute atomic E-state index is 0.0572. The predicted molar refractivity (Wildman–Crippen MR) is 103 cm³/mol. The zero-order valence-electron chi connectivity index (χ0n) is 15.0. The highest BCUT2D eigenvalue weighted by Crippen LogP contribution is 2.23. The molecule has 0 saturated heterocycles. The maximum absolute atomic E-state index is 10.3. The Morgan fingerprint density at radius 1 is 1.23 bits per heavy atom. The Balaban J connectivity index is 1.68. The average Bonchev–Trinajstić information content (AvgIpc) is 3.11. The first-order valence-corrected chi connectivity index (χ1v) is 8.78. The number of fused-ring (bicyclic) bond motifs is 1. The number of aliphatic hydroxyl groups is 1. The largest absolute Gasteiger partial charge is 0.459 e. The van der Waals surface area contributed by atoms with Gasteiger partial charge in [-0.25, -0.2) is 0 Å². The van der Waals surface area contributed by atoms with Gasteiger partial charge in [-0.15, -0.1) is 0 Å². The molecule has 26 heavy (non-hydrogen) atoms. The van der Waals surface area contributed by atoms with Crippen molar-refractivity contribution >= 4 is 16.9 Å². The van der Waals surface area contributed by atoms with E-state index in [0.717, 1.165) is 28.8 Å². The van der Waals surface area contributed by atoms with Crippen LogP contribution in [0.15, 0.2) is 64.3 Å². The fourth-order valence-electron chi connectivity index (χ4n) is 2.68. The Morgan fingerprint density at radius 2 is 2.00 bits per heavy atom. The normalized spacial score (nSPS) is 14.2. The number of furan rings is 1. The molecule has 3 rings (SSSR count). The zero-order valence-corrected chi connectivity index (χ0v) is 15.0. The van der Waals surface area contributed by atoms with Crippen molar-refractivity contribution in [2.45, 2.75) is 26.0 Å². The predicted octanol–water partition coefficient (Wildman–Crippen LogP) is 3.18. The number of hydrogen-bond donors (Lipinski definition) is 3. The van der Waals surface area contributed by atoms with Gasteiger partial charge in [0.25, 0.3) is 0 Å². The first-order valence-electron chi connectivity index (χ1n) is 8.78. The fourth-order valence-corrected chi connectivity index (χ4v) is 2.68. The molecule has 0 fully saturated rings. The summed E-state index contributed by atoms with van der Waals surface area (Å²) in [6, 6.07) is 13.5. The molecule has 2 heterocycles. The van der Waals surface area contributed by atoms with E-state index >= 15 is 0 Å². The molecule has 3 aromatic rings. The molecule has 6 nitrogen and oxygen atoms in total. The molecule has 1 aromatic carbocycles. The summed E-state index contributed by atoms with van der Waals surface area (Å²) in [5.41, 5.74) is 1.66. The minimum Gasteiger partial charge on any atom is -0.459 e. The zero-order chi connectivity index (χ0) is 18.4. The van der Waals surface area contributed by atoms with Gasteiger partial charge in [0, 0.05) is 24.3 Å². The number of para-hydroxylation sites is 1. The number of rotatable bonds is 6. The molecule has 136 valence electrons. The SMILES string of the molecule is CCNC(=NCC(O)c1ccncc1)NC(C)c1cc2ccccc2o1. The molecule has 0 amide bonds. The van der Waals surface area contributed by atoms with Crippen molar-refractivity contribution < 1.29 is 9.52 Å². The lowest BCUT2D eigenvalue weighted by atomic mass is 10.1. The van der Waals surface area contributed by atoms with Crippen molar-refractivity contribution in [3.8, 4) is 0 Å². The molecular formula is C20H24N4O2. The topological polar surface area (TPSA) is 82.7 Å². The summed E-state index contributed by atoms with van der Waals surface area (Å²) in [6.07, 6.45) is 2.65. The van der Waals surface area contributed by atoms with E-state index in [9.17, 15) is 5.11 Å². The third kappa shape index (κ3) is 4.40. The van der Waals surface area contributed by atoms with Crippen LogP contribution < -0.4 is 10.6 Å².